The zero-order chi connectivity index (χ0) is 14.4. The quantitative estimate of drug-likeness (QED) is 0.798. The first-order valence-corrected chi connectivity index (χ1v) is 6.53. The van der Waals surface area contributed by atoms with E-state index in [1.807, 2.05) is 6.92 Å². The van der Waals surface area contributed by atoms with Gasteiger partial charge in [-0.05, 0) is 25.2 Å². The van der Waals surface area contributed by atoms with Crippen LogP contribution in [0.3, 0.4) is 0 Å². The fourth-order valence-electron chi connectivity index (χ4n) is 3.81. The fourth-order valence-corrected chi connectivity index (χ4v) is 3.81. The summed E-state index contributed by atoms with van der Waals surface area (Å²) in [5, 5.41) is 9.98. The number of ether oxygens (including phenoxy) is 1. The van der Waals surface area contributed by atoms with Crippen molar-refractivity contribution in [2.75, 3.05) is 6.61 Å². The Morgan fingerprint density at radius 3 is 2.06 bits per heavy atom. The first-order valence-electron chi connectivity index (χ1n) is 6.53. The number of aliphatic hydroxyl groups excluding tert-OH is 1. The second-order valence-electron chi connectivity index (χ2n) is 7.27. The van der Waals surface area contributed by atoms with Crippen molar-refractivity contribution in [3.05, 3.63) is 0 Å². The zero-order valence-corrected chi connectivity index (χ0v) is 12.5. The summed E-state index contributed by atoms with van der Waals surface area (Å²) < 4.78 is 5.39. The van der Waals surface area contributed by atoms with Gasteiger partial charge >= 0.3 is 6.09 Å². The summed E-state index contributed by atoms with van der Waals surface area (Å²) in [5.41, 5.74) is 3.85. The lowest BCUT2D eigenvalue weighted by Gasteiger charge is -2.53. The van der Waals surface area contributed by atoms with Crippen LogP contribution in [-0.4, -0.2) is 23.4 Å². The molecule has 18 heavy (non-hydrogen) atoms. The molecule has 0 heterocycles. The molecule has 2 atom stereocenters. The van der Waals surface area contributed by atoms with Crippen LogP contribution in [0.5, 0.6) is 0 Å². The Morgan fingerprint density at radius 2 is 1.78 bits per heavy atom. The van der Waals surface area contributed by atoms with Gasteiger partial charge < -0.3 is 15.6 Å². The summed E-state index contributed by atoms with van der Waals surface area (Å²) in [6, 6.07) is 0. The smallest absolute Gasteiger partial charge is 0.405 e. The number of carbonyl (C=O) groups excluding carboxylic acids is 1. The topological polar surface area (TPSA) is 72.6 Å². The number of carbonyl (C=O) groups is 1. The van der Waals surface area contributed by atoms with E-state index >= 15 is 0 Å². The lowest BCUT2D eigenvalue weighted by Crippen LogP contribution is -2.55. The SMILES string of the molecule is CC(C)(C)[C@@]1(CO)CC[C@@](C)(OC(N)=O)C1(C)C. The van der Waals surface area contributed by atoms with E-state index in [1.165, 1.54) is 0 Å². The van der Waals surface area contributed by atoms with Crippen molar-refractivity contribution in [3.8, 4) is 0 Å². The molecule has 4 nitrogen and oxygen atoms in total. The number of amides is 1. The monoisotopic (exact) mass is 257 g/mol. The van der Waals surface area contributed by atoms with Crippen LogP contribution in [0.15, 0.2) is 0 Å². The highest BCUT2D eigenvalue weighted by Crippen LogP contribution is 2.65. The molecular formula is C14H27NO3. The maximum absolute atomic E-state index is 11.1. The first kappa shape index (κ1) is 15.3. The number of hydrogen-bond acceptors (Lipinski definition) is 3. The van der Waals surface area contributed by atoms with Crippen molar-refractivity contribution in [2.45, 2.75) is 60.0 Å². The van der Waals surface area contributed by atoms with Crippen molar-refractivity contribution in [1.29, 1.82) is 0 Å². The molecular weight excluding hydrogens is 230 g/mol. The minimum absolute atomic E-state index is 0.0793. The van der Waals surface area contributed by atoms with Gasteiger partial charge in [-0.3, -0.25) is 0 Å². The van der Waals surface area contributed by atoms with Crippen LogP contribution in [-0.2, 0) is 4.74 Å². The van der Waals surface area contributed by atoms with Gasteiger partial charge in [0.15, 0.2) is 0 Å². The van der Waals surface area contributed by atoms with Crippen LogP contribution in [0, 0.1) is 16.2 Å². The predicted octanol–water partition coefficient (Wildman–Crippen LogP) is 2.69. The van der Waals surface area contributed by atoms with Crippen molar-refractivity contribution in [3.63, 3.8) is 0 Å². The van der Waals surface area contributed by atoms with Crippen LogP contribution in [0.1, 0.15) is 54.4 Å². The Morgan fingerprint density at radius 1 is 1.28 bits per heavy atom. The third-order valence-electron chi connectivity index (χ3n) is 5.58. The molecule has 106 valence electrons. The maximum Gasteiger partial charge on any atom is 0.405 e. The lowest BCUT2D eigenvalue weighted by molar-refractivity contribution is -0.134. The molecule has 1 saturated carbocycles. The first-order chi connectivity index (χ1) is 7.93. The number of primary amides is 1. The molecule has 3 N–H and O–H groups in total. The summed E-state index contributed by atoms with van der Waals surface area (Å²) in [6.07, 6.45) is 0.804. The summed E-state index contributed by atoms with van der Waals surface area (Å²) in [7, 11) is 0. The zero-order valence-electron chi connectivity index (χ0n) is 12.5. The Hall–Kier alpha value is -0.770. The van der Waals surface area contributed by atoms with Crippen molar-refractivity contribution in [1.82, 2.24) is 0 Å². The van der Waals surface area contributed by atoms with Crippen molar-refractivity contribution < 1.29 is 14.6 Å². The number of aliphatic hydroxyl groups is 1. The van der Waals surface area contributed by atoms with E-state index in [4.69, 9.17) is 10.5 Å². The Labute approximate surface area is 110 Å². The standard InChI is InChI=1S/C14H27NO3/c1-11(2,3)14(9-16)8-7-13(6,12(14,4)5)18-10(15)17/h16H,7-9H2,1-6H3,(H2,15,17)/t13-,14+/m1/s1. The van der Waals surface area contributed by atoms with Gasteiger partial charge in [-0.1, -0.05) is 34.6 Å². The summed E-state index contributed by atoms with van der Waals surface area (Å²) in [5.74, 6) is 0. The van der Waals surface area contributed by atoms with Gasteiger partial charge in [0.1, 0.15) is 5.60 Å². The normalized spacial score (nSPS) is 35.5. The van der Waals surface area contributed by atoms with Gasteiger partial charge in [-0.15, -0.1) is 0 Å². The molecule has 0 aliphatic heterocycles. The van der Waals surface area contributed by atoms with Crippen LogP contribution in [0.2, 0.25) is 0 Å². The molecule has 0 spiro atoms. The van der Waals surface area contributed by atoms with E-state index in [-0.39, 0.29) is 22.9 Å². The third-order valence-corrected chi connectivity index (χ3v) is 5.58. The number of nitrogens with two attached hydrogens (primary N) is 1. The predicted molar refractivity (Wildman–Crippen MR) is 71.1 cm³/mol. The van der Waals surface area contributed by atoms with Crippen molar-refractivity contribution >= 4 is 6.09 Å². The van der Waals surface area contributed by atoms with Crippen LogP contribution < -0.4 is 5.73 Å². The highest BCUT2D eigenvalue weighted by atomic mass is 16.6. The highest BCUT2D eigenvalue weighted by molar-refractivity contribution is 5.65. The van der Waals surface area contributed by atoms with E-state index < -0.39 is 11.7 Å². The molecule has 0 aromatic rings. The van der Waals surface area contributed by atoms with Crippen LogP contribution >= 0.6 is 0 Å². The molecule has 0 radical (unpaired) electrons. The molecule has 1 aliphatic carbocycles. The molecule has 0 aromatic carbocycles. The Balaban J connectivity index is 3.26. The highest BCUT2D eigenvalue weighted by Gasteiger charge is 2.66. The van der Waals surface area contributed by atoms with E-state index in [0.29, 0.717) is 0 Å². The molecule has 1 amide bonds. The molecule has 1 fully saturated rings. The van der Waals surface area contributed by atoms with Crippen LogP contribution in [0.25, 0.3) is 0 Å². The molecule has 0 bridgehead atoms. The van der Waals surface area contributed by atoms with Crippen molar-refractivity contribution in [2.24, 2.45) is 22.0 Å². The Kier molecular flexibility index (Phi) is 3.50. The third kappa shape index (κ3) is 1.81. The van der Waals surface area contributed by atoms with Gasteiger partial charge in [0.05, 0.1) is 0 Å². The van der Waals surface area contributed by atoms with Gasteiger partial charge in [0.25, 0.3) is 0 Å². The van der Waals surface area contributed by atoms with Gasteiger partial charge in [-0.2, -0.15) is 0 Å². The number of rotatable bonds is 2. The average Bonchev–Trinajstić information content (AvgIpc) is 2.33. The van der Waals surface area contributed by atoms with E-state index in [1.54, 1.807) is 0 Å². The van der Waals surface area contributed by atoms with Gasteiger partial charge in [0.2, 0.25) is 0 Å². The summed E-state index contributed by atoms with van der Waals surface area (Å²) in [6.45, 7) is 12.5. The molecule has 0 aromatic heterocycles. The van der Waals surface area contributed by atoms with Crippen LogP contribution in [0.4, 0.5) is 4.79 Å². The maximum atomic E-state index is 11.1. The van der Waals surface area contributed by atoms with E-state index in [2.05, 4.69) is 34.6 Å². The second kappa shape index (κ2) is 4.12. The fraction of sp³-hybridized carbons (Fsp3) is 0.929. The molecule has 4 heteroatoms. The summed E-state index contributed by atoms with van der Waals surface area (Å²) in [4.78, 5) is 11.1. The molecule has 0 unspecified atom stereocenters. The Bertz CT molecular complexity index is 345. The second-order valence-corrected chi connectivity index (χ2v) is 7.27. The number of hydrogen-bond donors (Lipinski definition) is 2. The van der Waals surface area contributed by atoms with E-state index in [9.17, 15) is 9.90 Å². The average molecular weight is 257 g/mol. The van der Waals surface area contributed by atoms with Gasteiger partial charge in [0, 0.05) is 17.4 Å². The van der Waals surface area contributed by atoms with E-state index in [0.717, 1.165) is 12.8 Å². The molecule has 1 aliphatic rings. The minimum Gasteiger partial charge on any atom is -0.443 e. The molecule has 1 rings (SSSR count). The largest absolute Gasteiger partial charge is 0.443 e. The summed E-state index contributed by atoms with van der Waals surface area (Å²) >= 11 is 0. The minimum atomic E-state index is -0.742. The molecule has 0 saturated heterocycles. The van der Waals surface area contributed by atoms with Gasteiger partial charge in [-0.25, -0.2) is 4.79 Å². The lowest BCUT2D eigenvalue weighted by atomic mass is 9.53.